The molecule has 2 saturated heterocycles. The maximum Gasteiger partial charge on any atom is 0.316 e. The van der Waals surface area contributed by atoms with Gasteiger partial charge in [-0.15, -0.1) is 0 Å². The first-order valence-electron chi connectivity index (χ1n) is 13.9. The first kappa shape index (κ1) is 28.0. The van der Waals surface area contributed by atoms with Crippen LogP contribution in [0, 0.1) is 5.41 Å². The van der Waals surface area contributed by atoms with E-state index in [1.165, 1.54) is 8.99 Å². The quantitative estimate of drug-likeness (QED) is 0.377. The molecule has 1 aromatic heterocycles. The third kappa shape index (κ3) is 6.38. The molecule has 0 unspecified atom stereocenters. The predicted octanol–water partition coefficient (Wildman–Crippen LogP) is 3.53. The topological polar surface area (TPSA) is 106 Å². The molecular weight excluding hydrogens is 566 g/mol. The van der Waals surface area contributed by atoms with Crippen molar-refractivity contribution in [2.45, 2.75) is 31.6 Å². The SMILES string of the molecule is CC1(COc2c(N3CCN(S(=O)(=O)Cc4cccc(NC5COC5)c4)CC3)cnn(-c3cccc(Cl)c3)c2=O)CC1. The van der Waals surface area contributed by atoms with Crippen molar-refractivity contribution in [1.29, 1.82) is 0 Å². The fourth-order valence-electron chi connectivity index (χ4n) is 5.00. The number of rotatable bonds is 10. The van der Waals surface area contributed by atoms with Crippen LogP contribution >= 0.6 is 11.6 Å². The van der Waals surface area contributed by atoms with E-state index in [1.54, 1.807) is 30.5 Å². The van der Waals surface area contributed by atoms with E-state index in [1.807, 2.05) is 29.2 Å². The van der Waals surface area contributed by atoms with Crippen LogP contribution in [-0.4, -0.2) is 74.5 Å². The Morgan fingerprint density at radius 2 is 1.85 bits per heavy atom. The van der Waals surface area contributed by atoms with Crippen molar-refractivity contribution in [2.75, 3.05) is 56.2 Å². The highest BCUT2D eigenvalue weighted by atomic mass is 35.5. The van der Waals surface area contributed by atoms with Crippen molar-refractivity contribution in [3.63, 3.8) is 0 Å². The summed E-state index contributed by atoms with van der Waals surface area (Å²) in [5.74, 6) is 0.152. The van der Waals surface area contributed by atoms with Gasteiger partial charge in [0.25, 0.3) is 0 Å². The van der Waals surface area contributed by atoms with Gasteiger partial charge >= 0.3 is 5.56 Å². The van der Waals surface area contributed by atoms with Crippen molar-refractivity contribution >= 4 is 33.0 Å². The van der Waals surface area contributed by atoms with Gasteiger partial charge in [0, 0.05) is 42.3 Å². The fourth-order valence-corrected chi connectivity index (χ4v) is 6.69. The molecule has 2 aromatic carbocycles. The molecular formula is C29H34ClN5O5S. The van der Waals surface area contributed by atoms with E-state index >= 15 is 0 Å². The first-order valence-corrected chi connectivity index (χ1v) is 15.8. The van der Waals surface area contributed by atoms with Crippen LogP contribution in [0.25, 0.3) is 5.69 Å². The molecule has 6 rings (SSSR count). The maximum atomic E-state index is 13.6. The number of benzene rings is 2. The Morgan fingerprint density at radius 1 is 1.10 bits per heavy atom. The van der Waals surface area contributed by atoms with Gasteiger partial charge in [-0.25, -0.2) is 8.42 Å². The van der Waals surface area contributed by atoms with Gasteiger partial charge in [0.15, 0.2) is 0 Å². The number of aromatic nitrogens is 2. The number of nitrogens with zero attached hydrogens (tertiary/aromatic N) is 4. The van der Waals surface area contributed by atoms with Crippen LogP contribution < -0.4 is 20.5 Å². The van der Waals surface area contributed by atoms with E-state index in [0.717, 1.165) is 24.1 Å². The van der Waals surface area contributed by atoms with E-state index in [4.69, 9.17) is 21.1 Å². The van der Waals surface area contributed by atoms with Crippen molar-refractivity contribution in [1.82, 2.24) is 14.1 Å². The Hall–Kier alpha value is -3.12. The van der Waals surface area contributed by atoms with E-state index in [2.05, 4.69) is 17.3 Å². The number of halogens is 1. The minimum absolute atomic E-state index is 0.0686. The highest BCUT2D eigenvalue weighted by Crippen LogP contribution is 2.45. The number of piperazine rings is 1. The molecule has 1 N–H and O–H groups in total. The Bertz CT molecular complexity index is 1580. The van der Waals surface area contributed by atoms with Gasteiger partial charge < -0.3 is 19.7 Å². The monoisotopic (exact) mass is 599 g/mol. The molecule has 1 aliphatic carbocycles. The number of nitrogens with one attached hydrogen (secondary N) is 1. The molecule has 0 atom stereocenters. The average molecular weight is 600 g/mol. The Labute approximate surface area is 244 Å². The lowest BCUT2D eigenvalue weighted by Crippen LogP contribution is -2.49. The van der Waals surface area contributed by atoms with Gasteiger partial charge in [-0.1, -0.05) is 36.7 Å². The second kappa shape index (κ2) is 11.3. The first-order chi connectivity index (χ1) is 19.7. The van der Waals surface area contributed by atoms with E-state index in [9.17, 15) is 13.2 Å². The van der Waals surface area contributed by atoms with Gasteiger partial charge in [-0.05, 0) is 48.7 Å². The van der Waals surface area contributed by atoms with Crippen LogP contribution in [0.1, 0.15) is 25.3 Å². The second-order valence-electron chi connectivity index (χ2n) is 11.4. The zero-order valence-corrected chi connectivity index (χ0v) is 24.5. The van der Waals surface area contributed by atoms with E-state index in [-0.39, 0.29) is 28.5 Å². The van der Waals surface area contributed by atoms with Gasteiger partial charge in [0.2, 0.25) is 15.8 Å². The molecule has 3 aliphatic rings. The second-order valence-corrected chi connectivity index (χ2v) is 13.8. The number of ether oxygens (including phenoxy) is 2. The minimum atomic E-state index is -3.54. The summed E-state index contributed by atoms with van der Waals surface area (Å²) in [5.41, 5.74) is 2.45. The van der Waals surface area contributed by atoms with Gasteiger partial charge in [0.05, 0.1) is 43.5 Å². The predicted molar refractivity (Wildman–Crippen MR) is 159 cm³/mol. The Kier molecular flexibility index (Phi) is 7.71. The number of hydrogen-bond donors (Lipinski definition) is 1. The molecule has 2 aliphatic heterocycles. The van der Waals surface area contributed by atoms with Crippen molar-refractivity contribution in [3.8, 4) is 11.4 Å². The van der Waals surface area contributed by atoms with E-state index < -0.39 is 10.0 Å². The molecule has 0 radical (unpaired) electrons. The highest BCUT2D eigenvalue weighted by Gasteiger charge is 2.39. The lowest BCUT2D eigenvalue weighted by Gasteiger charge is -2.35. The number of hydrogen-bond acceptors (Lipinski definition) is 8. The van der Waals surface area contributed by atoms with Crippen LogP contribution in [0.15, 0.2) is 59.5 Å². The molecule has 0 amide bonds. The van der Waals surface area contributed by atoms with Crippen LogP contribution in [0.2, 0.25) is 5.02 Å². The molecule has 3 fully saturated rings. The summed E-state index contributed by atoms with van der Waals surface area (Å²) in [5, 5.41) is 8.29. The minimum Gasteiger partial charge on any atom is -0.486 e. The van der Waals surface area contributed by atoms with Crippen molar-refractivity contribution in [2.24, 2.45) is 5.41 Å². The summed E-state index contributed by atoms with van der Waals surface area (Å²) in [6, 6.07) is 14.7. The molecule has 1 saturated carbocycles. The molecule has 12 heteroatoms. The molecule has 218 valence electrons. The molecule has 3 aromatic rings. The smallest absolute Gasteiger partial charge is 0.316 e. The third-order valence-electron chi connectivity index (χ3n) is 7.89. The largest absolute Gasteiger partial charge is 0.486 e. The van der Waals surface area contributed by atoms with Gasteiger partial charge in [-0.2, -0.15) is 14.1 Å². The number of anilines is 2. The summed E-state index contributed by atoms with van der Waals surface area (Å²) in [6.45, 7) is 5.32. The molecule has 41 heavy (non-hydrogen) atoms. The number of sulfonamides is 1. The molecule has 10 nitrogen and oxygen atoms in total. The lowest BCUT2D eigenvalue weighted by molar-refractivity contribution is 0.0211. The molecule has 3 heterocycles. The third-order valence-corrected chi connectivity index (χ3v) is 9.98. The Balaban J connectivity index is 1.17. The summed E-state index contributed by atoms with van der Waals surface area (Å²) in [6.07, 6.45) is 3.74. The summed E-state index contributed by atoms with van der Waals surface area (Å²) in [7, 11) is -3.54. The normalized spacial score (nSPS) is 19.0. The summed E-state index contributed by atoms with van der Waals surface area (Å²) >= 11 is 6.16. The van der Waals surface area contributed by atoms with Crippen LogP contribution in [0.4, 0.5) is 11.4 Å². The van der Waals surface area contributed by atoms with Gasteiger partial charge in [0.1, 0.15) is 5.69 Å². The average Bonchev–Trinajstić information content (AvgIpc) is 3.67. The zero-order valence-electron chi connectivity index (χ0n) is 23.0. The summed E-state index contributed by atoms with van der Waals surface area (Å²) < 4.78 is 40.9. The fraction of sp³-hybridized carbons (Fsp3) is 0.448. The van der Waals surface area contributed by atoms with Crippen molar-refractivity contribution in [3.05, 3.63) is 75.7 Å². The highest BCUT2D eigenvalue weighted by molar-refractivity contribution is 7.88. The van der Waals surface area contributed by atoms with E-state index in [0.29, 0.717) is 62.4 Å². The van der Waals surface area contributed by atoms with Crippen molar-refractivity contribution < 1.29 is 17.9 Å². The van der Waals surface area contributed by atoms with Crippen LogP contribution in [-0.2, 0) is 20.5 Å². The maximum absolute atomic E-state index is 13.6. The van der Waals surface area contributed by atoms with Crippen LogP contribution in [0.3, 0.4) is 0 Å². The Morgan fingerprint density at radius 3 is 2.54 bits per heavy atom. The van der Waals surface area contributed by atoms with Crippen LogP contribution in [0.5, 0.6) is 5.75 Å². The summed E-state index contributed by atoms with van der Waals surface area (Å²) in [4.78, 5) is 15.6. The standard InChI is InChI=1S/C29H34ClN5O5S/c1-29(8-9-29)20-40-27-26(16-31-35(28(27)36)25-7-3-5-22(30)15-25)33-10-12-34(13-11-33)41(37,38)19-21-4-2-6-23(14-21)32-24-17-39-18-24/h2-7,14-16,24,32H,8-13,17-20H2,1H3. The molecule has 0 bridgehead atoms. The molecule has 0 spiro atoms. The van der Waals surface area contributed by atoms with Gasteiger partial charge in [-0.3, -0.25) is 4.79 Å². The lowest BCUT2D eigenvalue weighted by atomic mass is 10.2. The zero-order chi connectivity index (χ0) is 28.6.